The van der Waals surface area contributed by atoms with Crippen LogP contribution >= 0.6 is 0 Å². The third-order valence-electron chi connectivity index (χ3n) is 4.92. The highest BCUT2D eigenvalue weighted by Gasteiger charge is 2.34. The number of amides is 1. The molecule has 2 heterocycles. The first-order chi connectivity index (χ1) is 12.9. The number of carbonyl (C=O) groups excluding carboxylic acids is 1. The molecule has 7 heteroatoms. The second kappa shape index (κ2) is 7.92. The average molecular weight is 374 g/mol. The van der Waals surface area contributed by atoms with Crippen molar-refractivity contribution in [2.45, 2.75) is 31.9 Å². The maximum atomic E-state index is 14.4. The van der Waals surface area contributed by atoms with E-state index in [1.807, 2.05) is 6.92 Å². The zero-order chi connectivity index (χ0) is 19.6. The Balaban J connectivity index is 1.86. The third kappa shape index (κ3) is 3.88. The molecule has 2 atom stereocenters. The van der Waals surface area contributed by atoms with Crippen molar-refractivity contribution in [1.82, 2.24) is 4.57 Å². The number of pyridine rings is 1. The van der Waals surface area contributed by atoms with Crippen molar-refractivity contribution in [2.24, 2.45) is 0 Å². The van der Waals surface area contributed by atoms with Crippen LogP contribution in [0.2, 0.25) is 0 Å². The molecule has 2 aromatic rings. The molecule has 3 rings (SSSR count). The Hall–Kier alpha value is -2.67. The van der Waals surface area contributed by atoms with E-state index in [0.717, 1.165) is 0 Å². The highest BCUT2D eigenvalue weighted by atomic mass is 19.1. The number of aromatic nitrogens is 1. The SMILES string of the molecule is COc1ccc(C2CC(=O)N(c3cccn(CC(C)OC)c3=O)C2)c(F)c1. The van der Waals surface area contributed by atoms with Crippen LogP contribution in [0, 0.1) is 5.82 Å². The van der Waals surface area contributed by atoms with Crippen LogP contribution in [-0.4, -0.2) is 37.3 Å². The number of ether oxygens (including phenoxy) is 2. The summed E-state index contributed by atoms with van der Waals surface area (Å²) >= 11 is 0. The maximum Gasteiger partial charge on any atom is 0.274 e. The Morgan fingerprint density at radius 3 is 2.70 bits per heavy atom. The molecular weight excluding hydrogens is 351 g/mol. The molecule has 1 aromatic carbocycles. The molecule has 144 valence electrons. The van der Waals surface area contributed by atoms with Crippen molar-refractivity contribution in [3.63, 3.8) is 0 Å². The minimum absolute atomic E-state index is 0.131. The van der Waals surface area contributed by atoms with Crippen molar-refractivity contribution >= 4 is 11.6 Å². The molecule has 0 radical (unpaired) electrons. The van der Waals surface area contributed by atoms with Gasteiger partial charge in [-0.3, -0.25) is 9.59 Å². The van der Waals surface area contributed by atoms with Gasteiger partial charge in [-0.2, -0.15) is 0 Å². The fraction of sp³-hybridized carbons (Fsp3) is 0.400. The number of anilines is 1. The summed E-state index contributed by atoms with van der Waals surface area (Å²) in [5.41, 5.74) is 0.503. The standard InChI is InChI=1S/C20H23FN2O4/c1-13(26-2)11-22-8-4-5-18(20(22)25)23-12-14(9-19(23)24)16-7-6-15(27-3)10-17(16)21/h4-8,10,13-14H,9,11-12H2,1-3H3. The van der Waals surface area contributed by atoms with Crippen molar-refractivity contribution in [2.75, 3.05) is 25.7 Å². The summed E-state index contributed by atoms with van der Waals surface area (Å²) in [5.74, 6) is -0.483. The van der Waals surface area contributed by atoms with Gasteiger partial charge in [-0.05, 0) is 30.7 Å². The van der Waals surface area contributed by atoms with Crippen LogP contribution in [0.5, 0.6) is 5.75 Å². The fourth-order valence-corrected chi connectivity index (χ4v) is 3.34. The second-order valence-electron chi connectivity index (χ2n) is 6.69. The molecule has 1 aromatic heterocycles. The van der Waals surface area contributed by atoms with E-state index in [1.54, 1.807) is 37.6 Å². The first kappa shape index (κ1) is 19.1. The van der Waals surface area contributed by atoms with E-state index < -0.39 is 5.82 Å². The van der Waals surface area contributed by atoms with E-state index >= 15 is 0 Å². The Morgan fingerprint density at radius 1 is 1.26 bits per heavy atom. The third-order valence-corrected chi connectivity index (χ3v) is 4.92. The Kier molecular flexibility index (Phi) is 5.60. The number of benzene rings is 1. The van der Waals surface area contributed by atoms with Crippen molar-refractivity contribution in [3.8, 4) is 5.75 Å². The summed E-state index contributed by atoms with van der Waals surface area (Å²) in [6, 6.07) is 7.98. The molecule has 1 saturated heterocycles. The van der Waals surface area contributed by atoms with Gasteiger partial charge in [0.05, 0.1) is 19.8 Å². The van der Waals surface area contributed by atoms with Gasteiger partial charge < -0.3 is 18.9 Å². The molecule has 0 bridgehead atoms. The molecule has 2 unspecified atom stereocenters. The van der Waals surface area contributed by atoms with E-state index in [4.69, 9.17) is 9.47 Å². The number of methoxy groups -OCH3 is 2. The first-order valence-electron chi connectivity index (χ1n) is 8.80. The average Bonchev–Trinajstić information content (AvgIpc) is 3.04. The molecule has 6 nitrogen and oxygen atoms in total. The monoisotopic (exact) mass is 374 g/mol. The van der Waals surface area contributed by atoms with E-state index in [9.17, 15) is 14.0 Å². The van der Waals surface area contributed by atoms with Crippen LogP contribution in [0.15, 0.2) is 41.3 Å². The van der Waals surface area contributed by atoms with Crippen molar-refractivity contribution < 1.29 is 18.7 Å². The summed E-state index contributed by atoms with van der Waals surface area (Å²) in [6.45, 7) is 2.52. The van der Waals surface area contributed by atoms with Crippen molar-refractivity contribution in [1.29, 1.82) is 0 Å². The predicted molar refractivity (Wildman–Crippen MR) is 99.8 cm³/mol. The molecule has 1 aliphatic heterocycles. The Morgan fingerprint density at radius 2 is 2.04 bits per heavy atom. The van der Waals surface area contributed by atoms with Gasteiger partial charge in [0.15, 0.2) is 0 Å². The number of hydrogen-bond donors (Lipinski definition) is 0. The van der Waals surface area contributed by atoms with Gasteiger partial charge in [0.2, 0.25) is 5.91 Å². The van der Waals surface area contributed by atoms with Gasteiger partial charge in [-0.25, -0.2) is 4.39 Å². The lowest BCUT2D eigenvalue weighted by atomic mass is 9.97. The largest absolute Gasteiger partial charge is 0.497 e. The molecule has 1 fully saturated rings. The smallest absolute Gasteiger partial charge is 0.274 e. The van der Waals surface area contributed by atoms with Gasteiger partial charge in [-0.15, -0.1) is 0 Å². The Labute approximate surface area is 157 Å². The molecule has 27 heavy (non-hydrogen) atoms. The quantitative estimate of drug-likeness (QED) is 0.780. The van der Waals surface area contributed by atoms with Crippen LogP contribution in [0.3, 0.4) is 0 Å². The number of rotatable bonds is 6. The molecular formula is C20H23FN2O4. The molecule has 1 amide bonds. The minimum atomic E-state index is -0.409. The van der Waals surface area contributed by atoms with E-state index in [-0.39, 0.29) is 36.5 Å². The first-order valence-corrected chi connectivity index (χ1v) is 8.80. The zero-order valence-corrected chi connectivity index (χ0v) is 15.6. The summed E-state index contributed by atoms with van der Waals surface area (Å²) in [7, 11) is 3.05. The lowest BCUT2D eigenvalue weighted by molar-refractivity contribution is -0.117. The van der Waals surface area contributed by atoms with E-state index in [2.05, 4.69) is 0 Å². The zero-order valence-electron chi connectivity index (χ0n) is 15.6. The van der Waals surface area contributed by atoms with E-state index in [1.165, 1.54) is 22.6 Å². The van der Waals surface area contributed by atoms with Gasteiger partial charge in [0, 0.05) is 38.3 Å². The highest BCUT2D eigenvalue weighted by Crippen LogP contribution is 2.33. The van der Waals surface area contributed by atoms with Gasteiger partial charge in [0.1, 0.15) is 17.3 Å². The second-order valence-corrected chi connectivity index (χ2v) is 6.69. The highest BCUT2D eigenvalue weighted by molar-refractivity contribution is 5.96. The lowest BCUT2D eigenvalue weighted by Gasteiger charge is -2.19. The summed E-state index contributed by atoms with van der Waals surface area (Å²) in [5, 5.41) is 0. The number of carbonyl (C=O) groups is 1. The maximum absolute atomic E-state index is 14.4. The molecule has 0 N–H and O–H groups in total. The van der Waals surface area contributed by atoms with Crippen LogP contribution in [0.25, 0.3) is 0 Å². The van der Waals surface area contributed by atoms with Crippen molar-refractivity contribution in [3.05, 3.63) is 58.3 Å². The topological polar surface area (TPSA) is 60.8 Å². The van der Waals surface area contributed by atoms with Crippen LogP contribution in [0.1, 0.15) is 24.8 Å². The van der Waals surface area contributed by atoms with Gasteiger partial charge in [-0.1, -0.05) is 6.07 Å². The molecule has 0 spiro atoms. The van der Waals surface area contributed by atoms with Crippen LogP contribution in [-0.2, 0) is 16.1 Å². The summed E-state index contributed by atoms with van der Waals surface area (Å²) < 4.78 is 26.1. The fourth-order valence-electron chi connectivity index (χ4n) is 3.34. The van der Waals surface area contributed by atoms with Crippen LogP contribution < -0.4 is 15.2 Å². The normalized spacial score (nSPS) is 18.0. The van der Waals surface area contributed by atoms with Crippen LogP contribution in [0.4, 0.5) is 10.1 Å². The Bertz CT molecular complexity index is 896. The summed E-state index contributed by atoms with van der Waals surface area (Å²) in [4.78, 5) is 26.8. The van der Waals surface area contributed by atoms with Gasteiger partial charge >= 0.3 is 0 Å². The minimum Gasteiger partial charge on any atom is -0.497 e. The predicted octanol–water partition coefficient (Wildman–Crippen LogP) is 2.55. The number of hydrogen-bond acceptors (Lipinski definition) is 4. The number of halogens is 1. The lowest BCUT2D eigenvalue weighted by Crippen LogP contribution is -2.34. The number of nitrogens with zero attached hydrogens (tertiary/aromatic N) is 2. The molecule has 0 saturated carbocycles. The summed E-state index contributed by atoms with van der Waals surface area (Å²) in [6.07, 6.45) is 1.70. The van der Waals surface area contributed by atoms with E-state index in [0.29, 0.717) is 23.5 Å². The molecule has 0 aliphatic carbocycles. The van der Waals surface area contributed by atoms with Gasteiger partial charge in [0.25, 0.3) is 5.56 Å². The molecule has 1 aliphatic rings.